The summed E-state index contributed by atoms with van der Waals surface area (Å²) < 4.78 is 57.7. The molecule has 1 aliphatic heterocycles. The van der Waals surface area contributed by atoms with E-state index in [-0.39, 0.29) is 42.3 Å². The molecule has 170 valence electrons. The highest BCUT2D eigenvalue weighted by atomic mass is 127. The lowest BCUT2D eigenvalue weighted by molar-refractivity contribution is -0.153. The minimum atomic E-state index is -4.42. The molecule has 0 aromatic heterocycles. The van der Waals surface area contributed by atoms with Crippen LogP contribution in [-0.2, 0) is 13.1 Å². The van der Waals surface area contributed by atoms with Crippen LogP contribution in [-0.4, -0.2) is 39.7 Å². The average molecular weight is 553 g/mol. The zero-order valence-corrected chi connectivity index (χ0v) is 19.2. The Morgan fingerprint density at radius 3 is 2.29 bits per heavy atom. The molecule has 0 fully saturated rings. The van der Waals surface area contributed by atoms with Gasteiger partial charge in [-0.05, 0) is 35.4 Å². The van der Waals surface area contributed by atoms with Crippen LogP contribution in [0.2, 0.25) is 0 Å². The smallest absolute Gasteiger partial charge is 0.422 e. The molecule has 0 unspecified atom stereocenters. The van der Waals surface area contributed by atoms with Crippen LogP contribution in [0.25, 0.3) is 0 Å². The van der Waals surface area contributed by atoms with Gasteiger partial charge in [-0.1, -0.05) is 12.1 Å². The number of ether oxygens (including phenoxy) is 4. The quantitative estimate of drug-likeness (QED) is 0.309. The van der Waals surface area contributed by atoms with Crippen molar-refractivity contribution in [2.45, 2.75) is 19.3 Å². The number of hydrogen-bond donors (Lipinski definition) is 2. The Morgan fingerprint density at radius 2 is 1.65 bits per heavy atom. The molecule has 0 amide bonds. The molecule has 0 spiro atoms. The number of nitrogens with zero attached hydrogens (tertiary/aromatic N) is 1. The van der Waals surface area contributed by atoms with Gasteiger partial charge in [-0.15, -0.1) is 24.0 Å². The number of rotatable bonds is 7. The zero-order chi connectivity index (χ0) is 21.6. The van der Waals surface area contributed by atoms with E-state index in [4.69, 9.17) is 18.9 Å². The first-order valence-electron chi connectivity index (χ1n) is 9.07. The van der Waals surface area contributed by atoms with Gasteiger partial charge < -0.3 is 29.6 Å². The normalized spacial score (nSPS) is 12.7. The first-order chi connectivity index (χ1) is 14.4. The van der Waals surface area contributed by atoms with Crippen molar-refractivity contribution in [2.24, 2.45) is 4.99 Å². The number of guanidine groups is 1. The summed E-state index contributed by atoms with van der Waals surface area (Å²) in [4.78, 5) is 4.16. The minimum Gasteiger partial charge on any atom is -0.493 e. The summed E-state index contributed by atoms with van der Waals surface area (Å²) in [5.74, 6) is 2.24. The molecule has 1 heterocycles. The lowest BCUT2D eigenvalue weighted by Gasteiger charge is -2.15. The van der Waals surface area contributed by atoms with Crippen LogP contribution in [0, 0.1) is 0 Å². The second kappa shape index (κ2) is 11.2. The highest BCUT2D eigenvalue weighted by molar-refractivity contribution is 14.0. The molecule has 31 heavy (non-hydrogen) atoms. The van der Waals surface area contributed by atoms with Gasteiger partial charge in [0.25, 0.3) is 0 Å². The van der Waals surface area contributed by atoms with E-state index in [1.54, 1.807) is 19.2 Å². The summed E-state index contributed by atoms with van der Waals surface area (Å²) in [6.45, 7) is -0.253. The number of benzene rings is 2. The molecule has 0 radical (unpaired) electrons. The molecule has 7 nitrogen and oxygen atoms in total. The molecule has 0 saturated carbocycles. The second-order valence-corrected chi connectivity index (χ2v) is 6.36. The van der Waals surface area contributed by atoms with Crippen molar-refractivity contribution in [3.05, 3.63) is 47.5 Å². The molecule has 3 rings (SSSR count). The molecule has 2 aromatic rings. The van der Waals surface area contributed by atoms with Crippen LogP contribution in [0.1, 0.15) is 11.1 Å². The SMILES string of the molecule is CN=C(NCc1ccc(OCC(F)(F)F)c(OC)c1)NCc1ccc2c(c1)OCO2.I. The zero-order valence-electron chi connectivity index (χ0n) is 16.9. The van der Waals surface area contributed by atoms with E-state index in [2.05, 4.69) is 15.6 Å². The Kier molecular flexibility index (Phi) is 8.89. The fourth-order valence-electron chi connectivity index (χ4n) is 2.74. The van der Waals surface area contributed by atoms with Gasteiger partial charge in [0.15, 0.2) is 35.6 Å². The van der Waals surface area contributed by atoms with E-state index in [0.29, 0.717) is 24.8 Å². The van der Waals surface area contributed by atoms with Crippen molar-refractivity contribution in [3.8, 4) is 23.0 Å². The Hall–Kier alpha value is -2.57. The predicted molar refractivity (Wildman–Crippen MR) is 120 cm³/mol. The van der Waals surface area contributed by atoms with Crippen molar-refractivity contribution in [1.29, 1.82) is 0 Å². The molecule has 0 aliphatic carbocycles. The number of aliphatic imine (C=N–C) groups is 1. The Morgan fingerprint density at radius 1 is 1.00 bits per heavy atom. The maximum absolute atomic E-state index is 12.4. The summed E-state index contributed by atoms with van der Waals surface area (Å²) in [6, 6.07) is 10.4. The minimum absolute atomic E-state index is 0. The van der Waals surface area contributed by atoms with Gasteiger partial charge in [0, 0.05) is 20.1 Å². The van der Waals surface area contributed by atoms with E-state index in [0.717, 1.165) is 16.9 Å². The van der Waals surface area contributed by atoms with Gasteiger partial charge in [-0.3, -0.25) is 4.99 Å². The van der Waals surface area contributed by atoms with Gasteiger partial charge in [-0.25, -0.2) is 0 Å². The fourth-order valence-corrected chi connectivity index (χ4v) is 2.74. The second-order valence-electron chi connectivity index (χ2n) is 6.36. The van der Waals surface area contributed by atoms with Crippen molar-refractivity contribution < 1.29 is 32.1 Å². The number of methoxy groups -OCH3 is 1. The van der Waals surface area contributed by atoms with Crippen LogP contribution in [0.5, 0.6) is 23.0 Å². The lowest BCUT2D eigenvalue weighted by Crippen LogP contribution is -2.36. The molecule has 0 saturated heterocycles. The van der Waals surface area contributed by atoms with Crippen molar-refractivity contribution in [1.82, 2.24) is 10.6 Å². The summed E-state index contributed by atoms with van der Waals surface area (Å²) >= 11 is 0. The number of halogens is 4. The maximum atomic E-state index is 12.4. The molecule has 11 heteroatoms. The third-order valence-corrected chi connectivity index (χ3v) is 4.20. The molecule has 0 bridgehead atoms. The van der Waals surface area contributed by atoms with Crippen LogP contribution >= 0.6 is 24.0 Å². The van der Waals surface area contributed by atoms with Crippen molar-refractivity contribution in [3.63, 3.8) is 0 Å². The van der Waals surface area contributed by atoms with Gasteiger partial charge in [0.2, 0.25) is 6.79 Å². The van der Waals surface area contributed by atoms with Gasteiger partial charge in [0.1, 0.15) is 0 Å². The number of alkyl halides is 3. The van der Waals surface area contributed by atoms with E-state index in [9.17, 15) is 13.2 Å². The van der Waals surface area contributed by atoms with E-state index in [1.165, 1.54) is 13.2 Å². The summed E-state index contributed by atoms with van der Waals surface area (Å²) in [5, 5.41) is 6.33. The largest absolute Gasteiger partial charge is 0.493 e. The standard InChI is InChI=1S/C20H22F3N3O4.HI/c1-24-19(26-10-14-4-6-16-18(8-14)30-12-29-16)25-9-13-3-5-15(17(7-13)27-2)28-11-20(21,22)23;/h3-8H,9-12H2,1-2H3,(H2,24,25,26);1H. The molecule has 2 aromatic carbocycles. The van der Waals surface area contributed by atoms with Crippen LogP contribution in [0.4, 0.5) is 13.2 Å². The monoisotopic (exact) mass is 553 g/mol. The molecular formula is C20H23F3IN3O4. The highest BCUT2D eigenvalue weighted by Crippen LogP contribution is 2.32. The maximum Gasteiger partial charge on any atom is 0.422 e. The fraction of sp³-hybridized carbons (Fsp3) is 0.350. The molecule has 1 aliphatic rings. The third kappa shape index (κ3) is 7.26. The van der Waals surface area contributed by atoms with Gasteiger partial charge in [-0.2, -0.15) is 13.2 Å². The lowest BCUT2D eigenvalue weighted by atomic mass is 10.2. The molecule has 2 N–H and O–H groups in total. The van der Waals surface area contributed by atoms with Crippen LogP contribution in [0.15, 0.2) is 41.4 Å². The Bertz CT molecular complexity index is 910. The first-order valence-corrected chi connectivity index (χ1v) is 9.07. The molecule has 0 atom stereocenters. The predicted octanol–water partition coefficient (Wildman–Crippen LogP) is 3.85. The van der Waals surface area contributed by atoms with E-state index < -0.39 is 12.8 Å². The number of fused-ring (bicyclic) bond motifs is 1. The van der Waals surface area contributed by atoms with Crippen molar-refractivity contribution in [2.75, 3.05) is 27.6 Å². The summed E-state index contributed by atoms with van der Waals surface area (Å²) in [6.07, 6.45) is -4.42. The van der Waals surface area contributed by atoms with E-state index >= 15 is 0 Å². The average Bonchev–Trinajstić information content (AvgIpc) is 3.20. The van der Waals surface area contributed by atoms with E-state index in [1.807, 2.05) is 18.2 Å². The first kappa shape index (κ1) is 24.7. The summed E-state index contributed by atoms with van der Waals surface area (Å²) in [7, 11) is 3.02. The number of nitrogens with one attached hydrogen (secondary N) is 2. The van der Waals surface area contributed by atoms with Crippen molar-refractivity contribution >= 4 is 29.9 Å². The number of hydrogen-bond acceptors (Lipinski definition) is 5. The van der Waals surface area contributed by atoms with Gasteiger partial charge >= 0.3 is 6.18 Å². The van der Waals surface area contributed by atoms with Gasteiger partial charge in [0.05, 0.1) is 7.11 Å². The Labute approximate surface area is 194 Å². The summed E-state index contributed by atoms with van der Waals surface area (Å²) in [5.41, 5.74) is 1.78. The highest BCUT2D eigenvalue weighted by Gasteiger charge is 2.29. The molecular weight excluding hydrogens is 530 g/mol. The topological polar surface area (TPSA) is 73.3 Å². The van der Waals surface area contributed by atoms with Crippen LogP contribution < -0.4 is 29.6 Å². The third-order valence-electron chi connectivity index (χ3n) is 4.20. The Balaban J connectivity index is 0.00000341. The van der Waals surface area contributed by atoms with Crippen LogP contribution in [0.3, 0.4) is 0 Å².